The van der Waals surface area contributed by atoms with Crippen LogP contribution in [0.25, 0.3) is 0 Å². The summed E-state index contributed by atoms with van der Waals surface area (Å²) >= 11 is 11.5. The van der Waals surface area contributed by atoms with E-state index in [0.717, 1.165) is 0 Å². The number of piperidine rings is 1. The van der Waals surface area contributed by atoms with Crippen LogP contribution in [0.3, 0.4) is 0 Å². The van der Waals surface area contributed by atoms with Crippen LogP contribution in [0.5, 0.6) is 0 Å². The quantitative estimate of drug-likeness (QED) is 0.844. The number of rotatable bonds is 2. The van der Waals surface area contributed by atoms with E-state index < -0.39 is 15.6 Å². The van der Waals surface area contributed by atoms with Crippen LogP contribution in [0.2, 0.25) is 10.2 Å². The lowest BCUT2D eigenvalue weighted by Gasteiger charge is -2.34. The molecule has 1 aliphatic heterocycles. The highest BCUT2D eigenvalue weighted by molar-refractivity contribution is 7.89. The Labute approximate surface area is 122 Å². The van der Waals surface area contributed by atoms with Gasteiger partial charge in [-0.25, -0.2) is 13.4 Å². The minimum absolute atomic E-state index is 0.0171. The smallest absolute Gasteiger partial charge is 0.244 e. The second-order valence-electron chi connectivity index (χ2n) is 4.84. The molecule has 1 saturated heterocycles. The van der Waals surface area contributed by atoms with Crippen molar-refractivity contribution in [1.29, 1.82) is 0 Å². The average Bonchev–Trinajstić information content (AvgIpc) is 2.32. The van der Waals surface area contributed by atoms with Crippen molar-refractivity contribution < 1.29 is 13.5 Å². The Morgan fingerprint density at radius 2 is 1.95 bits per heavy atom. The van der Waals surface area contributed by atoms with E-state index in [1.807, 2.05) is 0 Å². The Bertz CT molecular complexity index is 580. The Kier molecular flexibility index (Phi) is 4.09. The number of pyridine rings is 1. The molecule has 106 valence electrons. The molecule has 1 aliphatic rings. The number of halogens is 2. The van der Waals surface area contributed by atoms with Gasteiger partial charge in [-0.2, -0.15) is 4.31 Å². The molecule has 1 fully saturated rings. The van der Waals surface area contributed by atoms with Crippen molar-refractivity contribution in [2.75, 3.05) is 13.1 Å². The molecule has 0 spiro atoms. The van der Waals surface area contributed by atoms with Crippen molar-refractivity contribution in [2.45, 2.75) is 30.3 Å². The summed E-state index contributed by atoms with van der Waals surface area (Å²) in [6.07, 6.45) is 2.00. The fourth-order valence-electron chi connectivity index (χ4n) is 1.90. The second-order valence-corrected chi connectivity index (χ2v) is 7.55. The normalized spacial score (nSPS) is 20.4. The first-order chi connectivity index (χ1) is 8.72. The Morgan fingerprint density at radius 3 is 2.47 bits per heavy atom. The van der Waals surface area contributed by atoms with E-state index in [0.29, 0.717) is 12.8 Å². The number of hydrogen-bond acceptors (Lipinski definition) is 4. The lowest BCUT2D eigenvalue weighted by molar-refractivity contribution is 0.0126. The summed E-state index contributed by atoms with van der Waals surface area (Å²) < 4.78 is 26.1. The van der Waals surface area contributed by atoms with Crippen molar-refractivity contribution >= 4 is 33.2 Å². The Hall–Kier alpha value is -0.400. The van der Waals surface area contributed by atoms with Gasteiger partial charge in [0.05, 0.1) is 10.6 Å². The zero-order valence-electron chi connectivity index (χ0n) is 10.3. The van der Waals surface area contributed by atoms with E-state index in [4.69, 9.17) is 23.2 Å². The lowest BCUT2D eigenvalue weighted by atomic mass is 9.95. The van der Waals surface area contributed by atoms with Gasteiger partial charge in [0, 0.05) is 19.3 Å². The predicted molar refractivity (Wildman–Crippen MR) is 72.9 cm³/mol. The second kappa shape index (κ2) is 5.18. The van der Waals surface area contributed by atoms with Crippen LogP contribution >= 0.6 is 23.2 Å². The Morgan fingerprint density at radius 1 is 1.37 bits per heavy atom. The SMILES string of the molecule is CC1(O)CCN(S(=O)(=O)c2cnc(Cl)c(Cl)c2)CC1. The van der Waals surface area contributed by atoms with Crippen LogP contribution < -0.4 is 0 Å². The molecule has 1 aromatic rings. The van der Waals surface area contributed by atoms with Crippen LogP contribution in [-0.2, 0) is 10.0 Å². The van der Waals surface area contributed by atoms with E-state index in [1.54, 1.807) is 6.92 Å². The Balaban J connectivity index is 2.25. The van der Waals surface area contributed by atoms with Gasteiger partial charge in [-0.05, 0) is 25.8 Å². The van der Waals surface area contributed by atoms with Crippen molar-refractivity contribution in [3.63, 3.8) is 0 Å². The summed E-state index contributed by atoms with van der Waals surface area (Å²) in [5.41, 5.74) is -0.804. The van der Waals surface area contributed by atoms with Crippen LogP contribution in [0, 0.1) is 0 Å². The number of aliphatic hydroxyl groups is 1. The molecule has 0 atom stereocenters. The highest BCUT2D eigenvalue weighted by Gasteiger charge is 2.34. The molecule has 0 bridgehead atoms. The molecule has 1 aromatic heterocycles. The molecule has 1 N–H and O–H groups in total. The molecule has 19 heavy (non-hydrogen) atoms. The molecule has 0 unspecified atom stereocenters. The van der Waals surface area contributed by atoms with Gasteiger partial charge in [-0.3, -0.25) is 0 Å². The number of aromatic nitrogens is 1. The van der Waals surface area contributed by atoms with Crippen LogP contribution in [0.1, 0.15) is 19.8 Å². The maximum Gasteiger partial charge on any atom is 0.244 e. The van der Waals surface area contributed by atoms with E-state index in [9.17, 15) is 13.5 Å². The van der Waals surface area contributed by atoms with Crippen molar-refractivity contribution in [3.05, 3.63) is 22.4 Å². The number of nitrogens with zero attached hydrogens (tertiary/aromatic N) is 2. The molecule has 8 heteroatoms. The first kappa shape index (κ1) is 15.0. The molecule has 5 nitrogen and oxygen atoms in total. The fraction of sp³-hybridized carbons (Fsp3) is 0.545. The number of sulfonamides is 1. The molecule has 0 aromatic carbocycles. The van der Waals surface area contributed by atoms with Gasteiger partial charge in [0.1, 0.15) is 10.0 Å². The van der Waals surface area contributed by atoms with E-state index in [2.05, 4.69) is 4.98 Å². The number of hydrogen-bond donors (Lipinski definition) is 1. The van der Waals surface area contributed by atoms with Gasteiger partial charge in [0.2, 0.25) is 10.0 Å². The first-order valence-electron chi connectivity index (χ1n) is 5.76. The van der Waals surface area contributed by atoms with E-state index in [1.165, 1.54) is 16.6 Å². The summed E-state index contributed by atoms with van der Waals surface area (Å²) in [6, 6.07) is 1.29. The van der Waals surface area contributed by atoms with Gasteiger partial charge in [0.15, 0.2) is 0 Å². The van der Waals surface area contributed by atoms with Gasteiger partial charge in [0.25, 0.3) is 0 Å². The molecule has 0 radical (unpaired) electrons. The highest BCUT2D eigenvalue weighted by atomic mass is 35.5. The molecule has 0 aliphatic carbocycles. The summed E-state index contributed by atoms with van der Waals surface area (Å²) in [6.45, 7) is 2.25. The first-order valence-corrected chi connectivity index (χ1v) is 7.95. The lowest BCUT2D eigenvalue weighted by Crippen LogP contribution is -2.45. The van der Waals surface area contributed by atoms with Crippen molar-refractivity contribution in [1.82, 2.24) is 9.29 Å². The van der Waals surface area contributed by atoms with Crippen LogP contribution in [0.15, 0.2) is 17.2 Å². The van der Waals surface area contributed by atoms with Crippen LogP contribution in [0.4, 0.5) is 0 Å². The van der Waals surface area contributed by atoms with Crippen molar-refractivity contribution in [3.8, 4) is 0 Å². The summed E-state index contributed by atoms with van der Waals surface area (Å²) in [5, 5.41) is 10.0. The monoisotopic (exact) mass is 324 g/mol. The van der Waals surface area contributed by atoms with Gasteiger partial charge < -0.3 is 5.11 Å². The predicted octanol–water partition coefficient (Wildman–Crippen LogP) is 1.92. The maximum absolute atomic E-state index is 12.4. The highest BCUT2D eigenvalue weighted by Crippen LogP contribution is 2.28. The molecule has 2 heterocycles. The molecule has 2 rings (SSSR count). The minimum Gasteiger partial charge on any atom is -0.390 e. The third-order valence-electron chi connectivity index (χ3n) is 3.21. The standard InChI is InChI=1S/C11H14Cl2N2O3S/c1-11(16)2-4-15(5-3-11)19(17,18)8-6-9(12)10(13)14-7-8/h6-7,16H,2-5H2,1H3. The molecular formula is C11H14Cl2N2O3S. The third kappa shape index (κ3) is 3.20. The summed E-state index contributed by atoms with van der Waals surface area (Å²) in [5.74, 6) is 0. The molecule has 0 saturated carbocycles. The van der Waals surface area contributed by atoms with Crippen LogP contribution in [-0.4, -0.2) is 41.5 Å². The molecular weight excluding hydrogens is 311 g/mol. The maximum atomic E-state index is 12.4. The van der Waals surface area contributed by atoms with Gasteiger partial charge in [-0.1, -0.05) is 23.2 Å². The van der Waals surface area contributed by atoms with E-state index >= 15 is 0 Å². The fourth-order valence-corrected chi connectivity index (χ4v) is 3.65. The van der Waals surface area contributed by atoms with E-state index in [-0.39, 0.29) is 28.2 Å². The van der Waals surface area contributed by atoms with Gasteiger partial charge >= 0.3 is 0 Å². The van der Waals surface area contributed by atoms with Gasteiger partial charge in [-0.15, -0.1) is 0 Å². The minimum atomic E-state index is -3.63. The zero-order valence-corrected chi connectivity index (χ0v) is 12.6. The topological polar surface area (TPSA) is 70.5 Å². The van der Waals surface area contributed by atoms with Crippen molar-refractivity contribution in [2.24, 2.45) is 0 Å². The largest absolute Gasteiger partial charge is 0.390 e. The third-order valence-corrected chi connectivity index (χ3v) is 5.76. The summed E-state index contributed by atoms with van der Waals surface area (Å²) in [4.78, 5) is 3.76. The summed E-state index contributed by atoms with van der Waals surface area (Å²) in [7, 11) is -3.63. The average molecular weight is 325 g/mol. The zero-order chi connectivity index (χ0) is 14.3. The molecule has 0 amide bonds.